The van der Waals surface area contributed by atoms with E-state index >= 15 is 0 Å². The minimum Gasteiger partial charge on any atom is -0.478 e. The van der Waals surface area contributed by atoms with Crippen molar-refractivity contribution < 1.29 is 24.2 Å². The number of ether oxygens (including phenoxy) is 2. The lowest BCUT2D eigenvalue weighted by Gasteiger charge is -2.04. The average Bonchev–Trinajstić information content (AvgIpc) is 2.29. The third-order valence-corrected chi connectivity index (χ3v) is 1.44. The third kappa shape index (κ3) is 14.3. The first-order valence-electron chi connectivity index (χ1n) is 5.32. The Hall–Kier alpha value is -1.66. The highest BCUT2D eigenvalue weighted by atomic mass is 16.6. The molecule has 0 amide bonds. The molecule has 0 bridgehead atoms. The van der Waals surface area contributed by atoms with Crippen molar-refractivity contribution >= 4 is 11.9 Å². The summed E-state index contributed by atoms with van der Waals surface area (Å²) in [5.41, 5.74) is 5.74. The van der Waals surface area contributed by atoms with Crippen LogP contribution in [0.1, 0.15) is 13.8 Å². The van der Waals surface area contributed by atoms with Crippen molar-refractivity contribution in [2.24, 2.45) is 5.73 Å². The van der Waals surface area contributed by atoms with Gasteiger partial charge in [-0.3, -0.25) is 0 Å². The molecular formula is C12H21NO5. The van der Waals surface area contributed by atoms with E-state index < -0.39 is 5.97 Å². The summed E-state index contributed by atoms with van der Waals surface area (Å²) >= 11 is 0. The summed E-state index contributed by atoms with van der Waals surface area (Å²) in [4.78, 5) is 20.4. The van der Waals surface area contributed by atoms with Gasteiger partial charge in [0.25, 0.3) is 0 Å². The number of carboxylic acids is 1. The van der Waals surface area contributed by atoms with Gasteiger partial charge in [0.15, 0.2) is 0 Å². The zero-order chi connectivity index (χ0) is 14.6. The monoisotopic (exact) mass is 259 g/mol. The van der Waals surface area contributed by atoms with E-state index in [1.807, 2.05) is 0 Å². The van der Waals surface area contributed by atoms with Crippen molar-refractivity contribution in [2.75, 3.05) is 26.4 Å². The molecule has 3 N–H and O–H groups in total. The number of aliphatic carboxylic acids is 1. The number of nitrogens with two attached hydrogens (primary N) is 1. The van der Waals surface area contributed by atoms with Crippen molar-refractivity contribution in [3.63, 3.8) is 0 Å². The molecule has 0 aromatic carbocycles. The lowest BCUT2D eigenvalue weighted by atomic mass is 10.4. The highest BCUT2D eigenvalue weighted by molar-refractivity contribution is 5.86. The predicted molar refractivity (Wildman–Crippen MR) is 68.1 cm³/mol. The van der Waals surface area contributed by atoms with Crippen LogP contribution in [0.2, 0.25) is 0 Å². The molecule has 0 rings (SSSR count). The van der Waals surface area contributed by atoms with E-state index in [1.54, 1.807) is 6.92 Å². The van der Waals surface area contributed by atoms with Crippen LogP contribution in [0.5, 0.6) is 0 Å². The Bertz CT molecular complexity index is 287. The topological polar surface area (TPSA) is 98.8 Å². The minimum atomic E-state index is -0.935. The highest BCUT2D eigenvalue weighted by Crippen LogP contribution is 1.91. The van der Waals surface area contributed by atoms with Crippen molar-refractivity contribution in [3.8, 4) is 0 Å². The molecule has 0 saturated carbocycles. The molecule has 0 heterocycles. The summed E-state index contributed by atoms with van der Waals surface area (Å²) in [5, 5.41) is 7.89. The standard InChI is InChI=1S/C8H15NO3.C4H6O2/c1-7(2)8(10)12-6-5-11-4-3-9;1-3(2)4(5)6/h1,3-6,9H2,2H3;1H2,2H3,(H,5,6). The lowest BCUT2D eigenvalue weighted by Crippen LogP contribution is -2.14. The quantitative estimate of drug-likeness (QED) is 0.397. The number of hydrogen-bond donors (Lipinski definition) is 2. The molecule has 0 spiro atoms. The van der Waals surface area contributed by atoms with Crippen LogP contribution in [0.4, 0.5) is 0 Å². The Kier molecular flexibility index (Phi) is 12.3. The molecule has 0 aromatic rings. The Balaban J connectivity index is 0. The van der Waals surface area contributed by atoms with Gasteiger partial charge in [-0.2, -0.15) is 0 Å². The Morgan fingerprint density at radius 1 is 1.11 bits per heavy atom. The van der Waals surface area contributed by atoms with Crippen LogP contribution in [-0.4, -0.2) is 43.4 Å². The van der Waals surface area contributed by atoms with E-state index in [0.717, 1.165) is 0 Å². The Labute approximate surface area is 107 Å². The minimum absolute atomic E-state index is 0.176. The number of carbonyl (C=O) groups is 2. The molecule has 0 aromatic heterocycles. The van der Waals surface area contributed by atoms with Gasteiger partial charge in [-0.1, -0.05) is 13.2 Å². The molecule has 0 atom stereocenters. The van der Waals surface area contributed by atoms with E-state index in [4.69, 9.17) is 20.3 Å². The molecule has 0 saturated heterocycles. The first-order valence-corrected chi connectivity index (χ1v) is 5.32. The van der Waals surface area contributed by atoms with Crippen LogP contribution in [0.25, 0.3) is 0 Å². The zero-order valence-electron chi connectivity index (χ0n) is 10.9. The normalized spacial score (nSPS) is 8.83. The molecule has 18 heavy (non-hydrogen) atoms. The average molecular weight is 259 g/mol. The maximum Gasteiger partial charge on any atom is 0.333 e. The van der Waals surface area contributed by atoms with Gasteiger partial charge < -0.3 is 20.3 Å². The van der Waals surface area contributed by atoms with E-state index in [2.05, 4.69) is 13.2 Å². The number of carbonyl (C=O) groups excluding carboxylic acids is 1. The fraction of sp³-hybridized carbons (Fsp3) is 0.500. The number of carboxylic acid groups (broad SMARTS) is 1. The number of hydrogen-bond acceptors (Lipinski definition) is 5. The van der Waals surface area contributed by atoms with Gasteiger partial charge >= 0.3 is 11.9 Å². The van der Waals surface area contributed by atoms with Crippen LogP contribution in [0.15, 0.2) is 24.3 Å². The van der Waals surface area contributed by atoms with Gasteiger partial charge in [-0.15, -0.1) is 0 Å². The summed E-state index contributed by atoms with van der Waals surface area (Å²) in [6, 6.07) is 0. The summed E-state index contributed by atoms with van der Waals surface area (Å²) in [6.07, 6.45) is 0. The largest absolute Gasteiger partial charge is 0.478 e. The fourth-order valence-electron chi connectivity index (χ4n) is 0.502. The molecule has 6 nitrogen and oxygen atoms in total. The molecule has 0 aliphatic carbocycles. The van der Waals surface area contributed by atoms with E-state index in [0.29, 0.717) is 25.3 Å². The van der Waals surface area contributed by atoms with Crippen molar-refractivity contribution in [1.29, 1.82) is 0 Å². The first kappa shape index (κ1) is 18.7. The summed E-state index contributed by atoms with van der Waals surface area (Å²) in [5.74, 6) is -1.32. The van der Waals surface area contributed by atoms with Gasteiger partial charge in [0.1, 0.15) is 6.61 Å². The van der Waals surface area contributed by atoms with Crippen LogP contribution in [-0.2, 0) is 19.1 Å². The van der Waals surface area contributed by atoms with Crippen LogP contribution < -0.4 is 5.73 Å². The van der Waals surface area contributed by atoms with Crippen LogP contribution in [0.3, 0.4) is 0 Å². The van der Waals surface area contributed by atoms with Crippen molar-refractivity contribution in [1.82, 2.24) is 0 Å². The van der Waals surface area contributed by atoms with Crippen LogP contribution >= 0.6 is 0 Å². The number of esters is 1. The molecule has 0 radical (unpaired) electrons. The second-order valence-electron chi connectivity index (χ2n) is 3.40. The summed E-state index contributed by atoms with van der Waals surface area (Å²) in [6.45, 7) is 11.2. The SMILES string of the molecule is C=C(C)C(=O)O.C=C(C)C(=O)OCCOCCN. The second-order valence-corrected chi connectivity index (χ2v) is 3.40. The van der Waals surface area contributed by atoms with Gasteiger partial charge in [-0.25, -0.2) is 9.59 Å². The third-order valence-electron chi connectivity index (χ3n) is 1.44. The van der Waals surface area contributed by atoms with Gasteiger partial charge in [-0.05, 0) is 13.8 Å². The smallest absolute Gasteiger partial charge is 0.333 e. The lowest BCUT2D eigenvalue weighted by molar-refractivity contribution is -0.140. The van der Waals surface area contributed by atoms with Gasteiger partial charge in [0.2, 0.25) is 0 Å². The summed E-state index contributed by atoms with van der Waals surface area (Å²) in [7, 11) is 0. The number of rotatable bonds is 7. The maximum atomic E-state index is 10.8. The molecule has 0 aliphatic heterocycles. The van der Waals surface area contributed by atoms with Crippen LogP contribution in [0, 0.1) is 0 Å². The molecule has 104 valence electrons. The Morgan fingerprint density at radius 3 is 1.94 bits per heavy atom. The highest BCUT2D eigenvalue weighted by Gasteiger charge is 2.01. The molecule has 0 aliphatic rings. The maximum absolute atomic E-state index is 10.8. The van der Waals surface area contributed by atoms with Crippen molar-refractivity contribution in [3.05, 3.63) is 24.3 Å². The predicted octanol–water partition coefficient (Wildman–Crippen LogP) is 0.728. The molecule has 0 unspecified atom stereocenters. The molecular weight excluding hydrogens is 238 g/mol. The molecule has 6 heteroatoms. The van der Waals surface area contributed by atoms with E-state index in [1.165, 1.54) is 6.92 Å². The van der Waals surface area contributed by atoms with Gasteiger partial charge in [0.05, 0.1) is 13.2 Å². The van der Waals surface area contributed by atoms with E-state index in [9.17, 15) is 9.59 Å². The zero-order valence-corrected chi connectivity index (χ0v) is 10.9. The second kappa shape index (κ2) is 11.8. The summed E-state index contributed by atoms with van der Waals surface area (Å²) < 4.78 is 9.73. The fourth-order valence-corrected chi connectivity index (χ4v) is 0.502. The first-order chi connectivity index (χ1) is 8.32. The van der Waals surface area contributed by atoms with Gasteiger partial charge in [0, 0.05) is 17.7 Å². The Morgan fingerprint density at radius 2 is 1.61 bits per heavy atom. The van der Waals surface area contributed by atoms with Crippen molar-refractivity contribution in [2.45, 2.75) is 13.8 Å². The van der Waals surface area contributed by atoms with E-state index in [-0.39, 0.29) is 18.1 Å². The molecule has 0 fully saturated rings.